The second-order valence-corrected chi connectivity index (χ2v) is 8.76. The molecule has 0 spiro atoms. The van der Waals surface area contributed by atoms with Crippen LogP contribution in [0.25, 0.3) is 0 Å². The van der Waals surface area contributed by atoms with Crippen molar-refractivity contribution in [3.8, 4) is 0 Å². The van der Waals surface area contributed by atoms with E-state index in [0.29, 0.717) is 26.4 Å². The SMILES string of the molecule is CCCCOC(=O)C1C(C)N1CCC[Si](OCC)(OCC)OCC. The van der Waals surface area contributed by atoms with Crippen molar-refractivity contribution in [1.29, 1.82) is 0 Å². The second kappa shape index (κ2) is 11.2. The maximum Gasteiger partial charge on any atom is 0.500 e. The Morgan fingerprint density at radius 3 is 2.08 bits per heavy atom. The van der Waals surface area contributed by atoms with Crippen molar-refractivity contribution in [3.05, 3.63) is 0 Å². The molecule has 1 fully saturated rings. The summed E-state index contributed by atoms with van der Waals surface area (Å²) in [6, 6.07) is 0.967. The maximum absolute atomic E-state index is 12.0. The molecule has 0 radical (unpaired) electrons. The molecule has 0 N–H and O–H groups in total. The zero-order valence-electron chi connectivity index (χ0n) is 16.0. The lowest BCUT2D eigenvalue weighted by Crippen LogP contribution is -2.46. The van der Waals surface area contributed by atoms with E-state index in [2.05, 4.69) is 18.7 Å². The number of unbranched alkanes of at least 4 members (excludes halogenated alkanes) is 1. The molecule has 142 valence electrons. The summed E-state index contributed by atoms with van der Waals surface area (Å²) < 4.78 is 22.9. The van der Waals surface area contributed by atoms with Gasteiger partial charge in [-0.1, -0.05) is 13.3 Å². The lowest BCUT2D eigenvalue weighted by Gasteiger charge is -2.28. The van der Waals surface area contributed by atoms with Crippen LogP contribution >= 0.6 is 0 Å². The smallest absolute Gasteiger partial charge is 0.464 e. The number of carbonyl (C=O) groups excluding carboxylic acids is 1. The molecule has 1 saturated heterocycles. The minimum absolute atomic E-state index is 0.0794. The van der Waals surface area contributed by atoms with Crippen molar-refractivity contribution < 1.29 is 22.8 Å². The van der Waals surface area contributed by atoms with Gasteiger partial charge >= 0.3 is 14.8 Å². The van der Waals surface area contributed by atoms with Crippen LogP contribution in [-0.4, -0.2) is 64.7 Å². The minimum atomic E-state index is -2.57. The maximum atomic E-state index is 12.0. The Bertz CT molecular complexity index is 352. The molecule has 1 rings (SSSR count). The number of nitrogens with zero attached hydrogens (tertiary/aromatic N) is 1. The summed E-state index contributed by atoms with van der Waals surface area (Å²) in [6.07, 6.45) is 2.86. The summed E-state index contributed by atoms with van der Waals surface area (Å²) in [5.41, 5.74) is 0. The van der Waals surface area contributed by atoms with Gasteiger partial charge in [0.25, 0.3) is 0 Å². The number of carbonyl (C=O) groups is 1. The van der Waals surface area contributed by atoms with Gasteiger partial charge in [0, 0.05) is 31.9 Å². The fourth-order valence-electron chi connectivity index (χ4n) is 2.97. The molecular formula is C17H35NO5Si. The monoisotopic (exact) mass is 361 g/mol. The van der Waals surface area contributed by atoms with Gasteiger partial charge in [-0.15, -0.1) is 0 Å². The predicted molar refractivity (Wildman–Crippen MR) is 95.9 cm³/mol. The lowest BCUT2D eigenvalue weighted by atomic mass is 10.3. The molecule has 0 bridgehead atoms. The first kappa shape index (κ1) is 21.6. The van der Waals surface area contributed by atoms with Crippen LogP contribution in [0, 0.1) is 0 Å². The summed E-state index contributed by atoms with van der Waals surface area (Å²) in [5, 5.41) is 0. The summed E-state index contributed by atoms with van der Waals surface area (Å²) >= 11 is 0. The first-order valence-corrected chi connectivity index (χ1v) is 11.3. The summed E-state index contributed by atoms with van der Waals surface area (Å²) in [7, 11) is -2.57. The van der Waals surface area contributed by atoms with Crippen LogP contribution in [0.2, 0.25) is 6.04 Å². The highest BCUT2D eigenvalue weighted by Crippen LogP contribution is 2.30. The minimum Gasteiger partial charge on any atom is -0.464 e. The van der Waals surface area contributed by atoms with E-state index in [1.54, 1.807) is 0 Å². The van der Waals surface area contributed by atoms with Gasteiger partial charge in [0.2, 0.25) is 0 Å². The molecule has 24 heavy (non-hydrogen) atoms. The van der Waals surface area contributed by atoms with Crippen molar-refractivity contribution in [2.24, 2.45) is 0 Å². The van der Waals surface area contributed by atoms with Crippen LogP contribution in [0.1, 0.15) is 53.9 Å². The van der Waals surface area contributed by atoms with Crippen LogP contribution in [0.15, 0.2) is 0 Å². The van der Waals surface area contributed by atoms with Gasteiger partial charge in [0.1, 0.15) is 6.04 Å². The van der Waals surface area contributed by atoms with Crippen molar-refractivity contribution in [1.82, 2.24) is 4.90 Å². The van der Waals surface area contributed by atoms with Gasteiger partial charge in [0.05, 0.1) is 6.61 Å². The van der Waals surface area contributed by atoms with Gasteiger partial charge in [-0.2, -0.15) is 0 Å². The Morgan fingerprint density at radius 1 is 1.00 bits per heavy atom. The van der Waals surface area contributed by atoms with Crippen LogP contribution in [0.5, 0.6) is 0 Å². The van der Waals surface area contributed by atoms with E-state index in [1.165, 1.54) is 0 Å². The third kappa shape index (κ3) is 6.44. The normalized spacial score (nSPS) is 23.3. The van der Waals surface area contributed by atoms with E-state index in [-0.39, 0.29) is 18.1 Å². The molecule has 0 aromatic rings. The summed E-state index contributed by atoms with van der Waals surface area (Å²) in [4.78, 5) is 14.2. The highest BCUT2D eigenvalue weighted by Gasteiger charge is 2.50. The molecule has 0 amide bonds. The highest BCUT2D eigenvalue weighted by molar-refractivity contribution is 6.60. The van der Waals surface area contributed by atoms with E-state index >= 15 is 0 Å². The molecule has 0 aliphatic carbocycles. The van der Waals surface area contributed by atoms with Crippen LogP contribution in [0.3, 0.4) is 0 Å². The lowest BCUT2D eigenvalue weighted by molar-refractivity contribution is -0.144. The molecule has 3 unspecified atom stereocenters. The summed E-state index contributed by atoms with van der Waals surface area (Å²) in [6.45, 7) is 13.2. The Kier molecular flexibility index (Phi) is 10.1. The van der Waals surface area contributed by atoms with Crippen molar-refractivity contribution in [2.45, 2.75) is 72.0 Å². The third-order valence-corrected chi connectivity index (χ3v) is 7.37. The van der Waals surface area contributed by atoms with Gasteiger partial charge in [0.15, 0.2) is 0 Å². The van der Waals surface area contributed by atoms with Crippen LogP contribution in [-0.2, 0) is 22.8 Å². The quantitative estimate of drug-likeness (QED) is 0.205. The number of esters is 1. The average Bonchev–Trinajstić information content (AvgIpc) is 3.18. The van der Waals surface area contributed by atoms with Gasteiger partial charge in [-0.3, -0.25) is 9.69 Å². The molecule has 6 nitrogen and oxygen atoms in total. The Labute approximate surface area is 148 Å². The second-order valence-electron chi connectivity index (χ2n) is 6.03. The zero-order valence-corrected chi connectivity index (χ0v) is 17.0. The average molecular weight is 362 g/mol. The topological polar surface area (TPSA) is 57.0 Å². The fraction of sp³-hybridized carbons (Fsp3) is 0.941. The summed E-state index contributed by atoms with van der Waals surface area (Å²) in [5.74, 6) is -0.0844. The molecule has 0 aromatic carbocycles. The van der Waals surface area contributed by atoms with Crippen LogP contribution < -0.4 is 0 Å². The standard InChI is InChI=1S/C17H35NO5Si/c1-6-10-13-20-17(19)16-15(5)18(16)12-11-14-24(21-7-2,22-8-3)23-9-4/h15-16H,6-14H2,1-5H3. The first-order valence-electron chi connectivity index (χ1n) is 9.39. The van der Waals surface area contributed by atoms with Crippen molar-refractivity contribution in [2.75, 3.05) is 33.0 Å². The zero-order chi connectivity index (χ0) is 18.0. The predicted octanol–water partition coefficient (Wildman–Crippen LogP) is 2.84. The first-order chi connectivity index (χ1) is 11.5. The molecule has 1 aliphatic rings. The van der Waals surface area contributed by atoms with Gasteiger partial charge < -0.3 is 18.0 Å². The van der Waals surface area contributed by atoms with Crippen LogP contribution in [0.4, 0.5) is 0 Å². The number of ether oxygens (including phenoxy) is 1. The Morgan fingerprint density at radius 2 is 1.58 bits per heavy atom. The molecular weight excluding hydrogens is 326 g/mol. The molecule has 0 saturated carbocycles. The molecule has 3 atom stereocenters. The Balaban J connectivity index is 2.40. The van der Waals surface area contributed by atoms with Gasteiger partial charge in [-0.05, 0) is 47.1 Å². The van der Waals surface area contributed by atoms with E-state index < -0.39 is 8.80 Å². The van der Waals surface area contributed by atoms with E-state index in [0.717, 1.165) is 31.9 Å². The van der Waals surface area contributed by atoms with E-state index in [9.17, 15) is 4.79 Å². The van der Waals surface area contributed by atoms with E-state index in [1.807, 2.05) is 20.8 Å². The number of hydrogen-bond donors (Lipinski definition) is 0. The molecule has 7 heteroatoms. The molecule has 1 heterocycles. The highest BCUT2D eigenvalue weighted by atomic mass is 28.4. The Hall–Kier alpha value is -0.473. The fourth-order valence-corrected chi connectivity index (χ4v) is 5.56. The van der Waals surface area contributed by atoms with Gasteiger partial charge in [-0.25, -0.2) is 0 Å². The third-order valence-electron chi connectivity index (χ3n) is 4.22. The largest absolute Gasteiger partial charge is 0.500 e. The molecule has 0 aromatic heterocycles. The van der Waals surface area contributed by atoms with Crippen molar-refractivity contribution >= 4 is 14.8 Å². The van der Waals surface area contributed by atoms with E-state index in [4.69, 9.17) is 18.0 Å². The van der Waals surface area contributed by atoms with Crippen molar-refractivity contribution in [3.63, 3.8) is 0 Å². The number of hydrogen-bond acceptors (Lipinski definition) is 6. The molecule has 1 aliphatic heterocycles. The number of rotatable bonds is 14.